The molecule has 0 atom stereocenters. The number of carbonyl (C=O) groups is 4. The highest BCUT2D eigenvalue weighted by Crippen LogP contribution is 2.44. The minimum absolute atomic E-state index is 0.0500. The van der Waals surface area contributed by atoms with Crippen LogP contribution in [-0.4, -0.2) is 68.2 Å². The van der Waals surface area contributed by atoms with Gasteiger partial charge < -0.3 is 9.80 Å². The molecule has 4 amide bonds. The summed E-state index contributed by atoms with van der Waals surface area (Å²) < 4.78 is 0.582. The SMILES string of the molecule is CCCN(CCC)C(=O)c1ccc(N2C(=O)/C(=C3\SC(=S)N(c4ccc(C(=O)N(CCC)CCC)cc4)C3=O)SC2=S)cc1. The molecule has 4 rings (SSSR count). The third-order valence-corrected chi connectivity index (χ3v) is 9.91. The number of carbonyl (C=O) groups excluding carboxylic acids is 4. The molecule has 232 valence electrons. The van der Waals surface area contributed by atoms with Gasteiger partial charge in [0.2, 0.25) is 0 Å². The average Bonchev–Trinajstić information content (AvgIpc) is 3.48. The molecule has 0 saturated carbocycles. The predicted molar refractivity (Wildman–Crippen MR) is 188 cm³/mol. The molecule has 12 heteroatoms. The van der Waals surface area contributed by atoms with Crippen molar-refractivity contribution in [1.29, 1.82) is 0 Å². The summed E-state index contributed by atoms with van der Waals surface area (Å²) in [6, 6.07) is 13.6. The molecule has 0 unspecified atom stereocenters. The van der Waals surface area contributed by atoms with Crippen LogP contribution in [0.4, 0.5) is 11.4 Å². The first-order valence-electron chi connectivity index (χ1n) is 14.8. The van der Waals surface area contributed by atoms with Crippen molar-refractivity contribution in [3.63, 3.8) is 0 Å². The van der Waals surface area contributed by atoms with Crippen molar-refractivity contribution in [3.8, 4) is 0 Å². The van der Waals surface area contributed by atoms with Gasteiger partial charge in [-0.05, 0) is 74.2 Å². The lowest BCUT2D eigenvalue weighted by Crippen LogP contribution is -2.32. The summed E-state index contributed by atoms with van der Waals surface area (Å²) in [4.78, 5) is 60.0. The molecule has 2 fully saturated rings. The highest BCUT2D eigenvalue weighted by molar-refractivity contribution is 8.30. The molecule has 0 aromatic heterocycles. The van der Waals surface area contributed by atoms with Crippen molar-refractivity contribution in [2.24, 2.45) is 0 Å². The molecule has 2 saturated heterocycles. The van der Waals surface area contributed by atoms with E-state index in [1.54, 1.807) is 48.5 Å². The van der Waals surface area contributed by atoms with E-state index >= 15 is 0 Å². The summed E-state index contributed by atoms with van der Waals surface area (Å²) >= 11 is 13.2. The van der Waals surface area contributed by atoms with E-state index in [2.05, 4.69) is 0 Å². The quantitative estimate of drug-likeness (QED) is 0.180. The van der Waals surface area contributed by atoms with Crippen molar-refractivity contribution in [3.05, 3.63) is 69.5 Å². The molecule has 0 aliphatic carbocycles. The molecular formula is C32H36N4O4S4. The second-order valence-electron chi connectivity index (χ2n) is 10.4. The maximum Gasteiger partial charge on any atom is 0.272 e. The number of rotatable bonds is 12. The first kappa shape index (κ1) is 33.8. The molecule has 0 spiro atoms. The van der Waals surface area contributed by atoms with Crippen molar-refractivity contribution < 1.29 is 19.2 Å². The van der Waals surface area contributed by atoms with Gasteiger partial charge in [0.25, 0.3) is 23.6 Å². The second kappa shape index (κ2) is 15.3. The van der Waals surface area contributed by atoms with Gasteiger partial charge in [0.05, 0.1) is 21.2 Å². The zero-order valence-electron chi connectivity index (χ0n) is 25.3. The van der Waals surface area contributed by atoms with E-state index in [-0.39, 0.29) is 21.6 Å². The van der Waals surface area contributed by atoms with Gasteiger partial charge in [-0.3, -0.25) is 29.0 Å². The number of thioether (sulfide) groups is 2. The summed E-state index contributed by atoms with van der Waals surface area (Å²) in [6.45, 7) is 10.9. The summed E-state index contributed by atoms with van der Waals surface area (Å²) in [6.07, 6.45) is 3.48. The lowest BCUT2D eigenvalue weighted by molar-refractivity contribution is -0.115. The lowest BCUT2D eigenvalue weighted by Gasteiger charge is -2.22. The lowest BCUT2D eigenvalue weighted by atomic mass is 10.1. The maximum absolute atomic E-state index is 13.6. The fourth-order valence-electron chi connectivity index (χ4n) is 5.04. The minimum Gasteiger partial charge on any atom is -0.339 e. The number of anilines is 2. The second-order valence-corrected chi connectivity index (χ2v) is 13.6. The Kier molecular flexibility index (Phi) is 11.8. The van der Waals surface area contributed by atoms with Gasteiger partial charge in [-0.25, -0.2) is 0 Å². The van der Waals surface area contributed by atoms with Crippen molar-refractivity contribution >= 4 is 91.6 Å². The molecule has 0 radical (unpaired) electrons. The van der Waals surface area contributed by atoms with Gasteiger partial charge in [0, 0.05) is 37.3 Å². The van der Waals surface area contributed by atoms with Crippen molar-refractivity contribution in [2.75, 3.05) is 36.0 Å². The number of nitrogens with zero attached hydrogens (tertiary/aromatic N) is 4. The van der Waals surface area contributed by atoms with Crippen LogP contribution in [0.25, 0.3) is 0 Å². The van der Waals surface area contributed by atoms with E-state index < -0.39 is 11.8 Å². The molecule has 0 bridgehead atoms. The zero-order chi connectivity index (χ0) is 32.0. The molecular weight excluding hydrogens is 633 g/mol. The molecule has 8 nitrogen and oxygen atoms in total. The topological polar surface area (TPSA) is 81.2 Å². The largest absolute Gasteiger partial charge is 0.339 e. The Labute approximate surface area is 278 Å². The van der Waals surface area contributed by atoms with Crippen LogP contribution >= 0.6 is 48.0 Å². The van der Waals surface area contributed by atoms with Crippen LogP contribution in [0.15, 0.2) is 58.3 Å². The van der Waals surface area contributed by atoms with E-state index in [0.29, 0.717) is 57.3 Å². The van der Waals surface area contributed by atoms with E-state index in [1.165, 1.54) is 9.80 Å². The Bertz CT molecular complexity index is 1370. The highest BCUT2D eigenvalue weighted by Gasteiger charge is 2.43. The third-order valence-electron chi connectivity index (χ3n) is 7.04. The monoisotopic (exact) mass is 668 g/mol. The highest BCUT2D eigenvalue weighted by atomic mass is 32.2. The Morgan fingerprint density at radius 1 is 0.591 bits per heavy atom. The van der Waals surface area contributed by atoms with Gasteiger partial charge in [-0.15, -0.1) is 0 Å². The molecule has 0 N–H and O–H groups in total. The van der Waals surface area contributed by atoms with E-state index in [1.807, 2.05) is 37.5 Å². The number of hydrogen-bond donors (Lipinski definition) is 0. The van der Waals surface area contributed by atoms with Crippen LogP contribution in [0, 0.1) is 0 Å². The van der Waals surface area contributed by atoms with Gasteiger partial charge in [0.15, 0.2) is 8.64 Å². The standard InChI is InChI=1S/C32H36N4O4S4/c1-5-17-33(18-6-2)27(37)21-9-13-23(14-10-21)35-29(39)25(43-31(35)41)26-30(40)36(32(42)44-26)24-15-11-22(12-16-24)28(38)34(19-7-3)20-8-4/h9-16H,5-8,17-20H2,1-4H3/b26-25+. The van der Waals surface area contributed by atoms with Gasteiger partial charge in [-0.1, -0.05) is 75.7 Å². The Hall–Kier alpha value is -3.06. The van der Waals surface area contributed by atoms with Gasteiger partial charge in [-0.2, -0.15) is 0 Å². The fourth-order valence-corrected chi connectivity index (χ4v) is 7.79. The zero-order valence-corrected chi connectivity index (χ0v) is 28.6. The molecule has 44 heavy (non-hydrogen) atoms. The van der Waals surface area contributed by atoms with E-state index in [4.69, 9.17) is 24.4 Å². The van der Waals surface area contributed by atoms with Crippen LogP contribution in [0.1, 0.15) is 74.1 Å². The molecule has 2 heterocycles. The molecule has 2 aromatic carbocycles. The van der Waals surface area contributed by atoms with Crippen molar-refractivity contribution in [2.45, 2.75) is 53.4 Å². The number of thiocarbonyl (C=S) groups is 2. The number of amides is 4. The van der Waals surface area contributed by atoms with Crippen LogP contribution in [-0.2, 0) is 9.59 Å². The molecule has 2 aliphatic rings. The molecule has 2 aliphatic heterocycles. The summed E-state index contributed by atoms with van der Waals surface area (Å²) in [5.74, 6) is -0.922. The first-order chi connectivity index (χ1) is 21.2. The summed E-state index contributed by atoms with van der Waals surface area (Å²) in [5.41, 5.74) is 2.12. The Balaban J connectivity index is 1.53. The van der Waals surface area contributed by atoms with Crippen LogP contribution in [0.5, 0.6) is 0 Å². The maximum atomic E-state index is 13.6. The minimum atomic E-state index is -0.411. The van der Waals surface area contributed by atoms with Gasteiger partial charge >= 0.3 is 0 Å². The van der Waals surface area contributed by atoms with Crippen molar-refractivity contribution in [1.82, 2.24) is 9.80 Å². The Morgan fingerprint density at radius 3 is 1.16 bits per heavy atom. The fraction of sp³-hybridized carbons (Fsp3) is 0.375. The van der Waals surface area contributed by atoms with E-state index in [9.17, 15) is 19.2 Å². The smallest absolute Gasteiger partial charge is 0.272 e. The van der Waals surface area contributed by atoms with Crippen LogP contribution < -0.4 is 9.80 Å². The molecule has 2 aromatic rings. The summed E-state index contributed by atoms with van der Waals surface area (Å²) in [5, 5.41) is 0. The van der Waals surface area contributed by atoms with Crippen LogP contribution in [0.3, 0.4) is 0 Å². The normalized spacial score (nSPS) is 16.7. The predicted octanol–water partition coefficient (Wildman–Crippen LogP) is 6.85. The van der Waals surface area contributed by atoms with E-state index in [0.717, 1.165) is 49.2 Å². The summed E-state index contributed by atoms with van der Waals surface area (Å²) in [7, 11) is 0. The average molecular weight is 669 g/mol. The number of benzene rings is 2. The van der Waals surface area contributed by atoms with Crippen LogP contribution in [0.2, 0.25) is 0 Å². The third kappa shape index (κ3) is 7.09. The number of hydrogen-bond acceptors (Lipinski definition) is 8. The van der Waals surface area contributed by atoms with Gasteiger partial charge in [0.1, 0.15) is 0 Å². The first-order valence-corrected chi connectivity index (χ1v) is 17.3. The Morgan fingerprint density at radius 2 is 0.886 bits per heavy atom.